The number of non-ortho nitro benzene ring substituents is 1. The first-order valence-electron chi connectivity index (χ1n) is 8.73. The Morgan fingerprint density at radius 2 is 1.61 bits per heavy atom. The number of imidazole rings is 1. The van der Waals surface area contributed by atoms with Crippen LogP contribution in [0.4, 0.5) is 5.69 Å². The number of benzene rings is 3. The van der Waals surface area contributed by atoms with Crippen LogP contribution in [0.5, 0.6) is 0 Å². The molecule has 0 atom stereocenters. The maximum Gasteiger partial charge on any atom is 0.269 e. The highest BCUT2D eigenvalue weighted by atomic mass is 32.2. The number of hydrogen-bond acceptors (Lipinski definition) is 5. The molecule has 2 aromatic heterocycles. The smallest absolute Gasteiger partial charge is 0.269 e. The molecule has 28 heavy (non-hydrogen) atoms. The summed E-state index contributed by atoms with van der Waals surface area (Å²) >= 11 is 1.59. The normalized spacial score (nSPS) is 11.4. The van der Waals surface area contributed by atoms with E-state index in [0.29, 0.717) is 5.75 Å². The monoisotopic (exact) mass is 386 g/mol. The van der Waals surface area contributed by atoms with Crippen molar-refractivity contribution in [3.05, 3.63) is 88.5 Å². The van der Waals surface area contributed by atoms with Gasteiger partial charge in [0, 0.05) is 23.3 Å². The fourth-order valence-corrected chi connectivity index (χ4v) is 4.24. The van der Waals surface area contributed by atoms with Gasteiger partial charge in [-0.1, -0.05) is 48.2 Å². The highest BCUT2D eigenvalue weighted by Crippen LogP contribution is 2.30. The van der Waals surface area contributed by atoms with Crippen LogP contribution < -0.4 is 0 Å². The summed E-state index contributed by atoms with van der Waals surface area (Å²) in [6, 6.07) is 22.7. The van der Waals surface area contributed by atoms with Gasteiger partial charge in [0.05, 0.1) is 21.5 Å². The second-order valence-electron chi connectivity index (χ2n) is 6.38. The van der Waals surface area contributed by atoms with Crippen LogP contribution in [0, 0.1) is 10.1 Å². The first-order chi connectivity index (χ1) is 13.7. The van der Waals surface area contributed by atoms with E-state index in [1.807, 2.05) is 48.5 Å². The zero-order valence-corrected chi connectivity index (χ0v) is 15.5. The van der Waals surface area contributed by atoms with Crippen molar-refractivity contribution in [2.24, 2.45) is 0 Å². The van der Waals surface area contributed by atoms with Crippen LogP contribution in [0.1, 0.15) is 5.56 Å². The summed E-state index contributed by atoms with van der Waals surface area (Å²) in [6.07, 6.45) is 0. The molecule has 3 aromatic carbocycles. The number of rotatable bonds is 4. The Morgan fingerprint density at radius 1 is 0.893 bits per heavy atom. The lowest BCUT2D eigenvalue weighted by Gasteiger charge is -2.08. The van der Waals surface area contributed by atoms with Crippen molar-refractivity contribution in [1.29, 1.82) is 0 Å². The average molecular weight is 386 g/mol. The number of para-hydroxylation sites is 3. The Bertz CT molecular complexity index is 1350. The minimum atomic E-state index is -0.386. The van der Waals surface area contributed by atoms with Gasteiger partial charge < -0.3 is 0 Å². The average Bonchev–Trinajstić information content (AvgIpc) is 3.12. The van der Waals surface area contributed by atoms with Crippen LogP contribution in [-0.4, -0.2) is 19.3 Å². The quantitative estimate of drug-likeness (QED) is 0.183. The van der Waals surface area contributed by atoms with Gasteiger partial charge in [0.15, 0.2) is 5.16 Å². The molecule has 6 nitrogen and oxygen atoms in total. The number of nitro benzene ring substituents is 1. The van der Waals surface area contributed by atoms with Crippen LogP contribution >= 0.6 is 11.8 Å². The molecule has 0 N–H and O–H groups in total. The van der Waals surface area contributed by atoms with Gasteiger partial charge in [-0.2, -0.15) is 0 Å². The summed E-state index contributed by atoms with van der Waals surface area (Å²) in [7, 11) is 0. The molecule has 2 heterocycles. The zero-order valence-electron chi connectivity index (χ0n) is 14.6. The molecule has 0 fully saturated rings. The molecule has 0 saturated carbocycles. The SMILES string of the molecule is O=[N+]([O-])c1ccc(CSc2nc3ccccc3c3nc4ccccc4n23)cc1. The second-order valence-corrected chi connectivity index (χ2v) is 7.33. The molecule has 0 aliphatic heterocycles. The summed E-state index contributed by atoms with van der Waals surface area (Å²) < 4.78 is 2.09. The Hall–Kier alpha value is -3.45. The predicted octanol–water partition coefficient (Wildman–Crippen LogP) is 5.24. The lowest BCUT2D eigenvalue weighted by atomic mass is 10.2. The third-order valence-corrected chi connectivity index (χ3v) is 5.64. The maximum atomic E-state index is 10.8. The minimum absolute atomic E-state index is 0.0978. The molecule has 0 bridgehead atoms. The number of nitro groups is 1. The highest BCUT2D eigenvalue weighted by Gasteiger charge is 2.14. The van der Waals surface area contributed by atoms with E-state index < -0.39 is 0 Å². The number of hydrogen-bond donors (Lipinski definition) is 0. The number of aromatic nitrogens is 3. The fourth-order valence-electron chi connectivity index (χ4n) is 3.27. The lowest BCUT2D eigenvalue weighted by molar-refractivity contribution is -0.384. The van der Waals surface area contributed by atoms with E-state index in [9.17, 15) is 10.1 Å². The summed E-state index contributed by atoms with van der Waals surface area (Å²) in [5, 5.41) is 12.7. The summed E-state index contributed by atoms with van der Waals surface area (Å²) in [4.78, 5) is 20.1. The van der Waals surface area contributed by atoms with Crippen LogP contribution in [0.25, 0.3) is 27.6 Å². The van der Waals surface area contributed by atoms with Crippen molar-refractivity contribution in [2.75, 3.05) is 0 Å². The number of thioether (sulfide) groups is 1. The Balaban J connectivity index is 1.62. The van der Waals surface area contributed by atoms with Crippen molar-refractivity contribution in [3.63, 3.8) is 0 Å². The van der Waals surface area contributed by atoms with Gasteiger partial charge >= 0.3 is 0 Å². The first-order valence-corrected chi connectivity index (χ1v) is 9.71. The van der Waals surface area contributed by atoms with Gasteiger partial charge in [-0.3, -0.25) is 14.5 Å². The van der Waals surface area contributed by atoms with Gasteiger partial charge in [-0.25, -0.2) is 9.97 Å². The van der Waals surface area contributed by atoms with Crippen LogP contribution in [0.15, 0.2) is 78.0 Å². The Morgan fingerprint density at radius 3 is 2.39 bits per heavy atom. The van der Waals surface area contributed by atoms with Crippen molar-refractivity contribution in [2.45, 2.75) is 10.9 Å². The van der Waals surface area contributed by atoms with Gasteiger partial charge in [-0.05, 0) is 29.8 Å². The molecule has 0 amide bonds. The van der Waals surface area contributed by atoms with Crippen molar-refractivity contribution < 1.29 is 4.92 Å². The van der Waals surface area contributed by atoms with E-state index in [0.717, 1.165) is 38.3 Å². The zero-order chi connectivity index (χ0) is 19.1. The first kappa shape index (κ1) is 16.7. The fraction of sp³-hybridized carbons (Fsp3) is 0.0476. The van der Waals surface area contributed by atoms with E-state index in [1.165, 1.54) is 12.1 Å². The van der Waals surface area contributed by atoms with Crippen LogP contribution in [-0.2, 0) is 5.75 Å². The molecular weight excluding hydrogens is 372 g/mol. The molecule has 0 radical (unpaired) electrons. The number of nitrogens with zero attached hydrogens (tertiary/aromatic N) is 4. The van der Waals surface area contributed by atoms with Crippen LogP contribution in [0.3, 0.4) is 0 Å². The van der Waals surface area contributed by atoms with Gasteiger partial charge in [0.1, 0.15) is 5.65 Å². The molecule has 0 aliphatic rings. The third-order valence-electron chi connectivity index (χ3n) is 4.63. The molecule has 0 saturated heterocycles. The maximum absolute atomic E-state index is 10.8. The summed E-state index contributed by atoms with van der Waals surface area (Å²) in [5.74, 6) is 0.658. The van der Waals surface area contributed by atoms with Gasteiger partial charge in [-0.15, -0.1) is 0 Å². The molecule has 5 rings (SSSR count). The van der Waals surface area contributed by atoms with Gasteiger partial charge in [0.2, 0.25) is 0 Å². The minimum Gasteiger partial charge on any atom is -0.271 e. The largest absolute Gasteiger partial charge is 0.271 e. The predicted molar refractivity (Wildman–Crippen MR) is 111 cm³/mol. The molecule has 7 heteroatoms. The molecule has 5 aromatic rings. The van der Waals surface area contributed by atoms with Crippen molar-refractivity contribution in [1.82, 2.24) is 14.4 Å². The van der Waals surface area contributed by atoms with Crippen molar-refractivity contribution in [3.8, 4) is 0 Å². The summed E-state index contributed by atoms with van der Waals surface area (Å²) in [5.41, 5.74) is 4.83. The molecule has 136 valence electrons. The lowest BCUT2D eigenvalue weighted by Crippen LogP contribution is -1.97. The topological polar surface area (TPSA) is 73.3 Å². The Kier molecular flexibility index (Phi) is 3.95. The standard InChI is InChI=1S/C21H14N4O2S/c26-25(27)15-11-9-14(10-12-15)13-28-21-23-17-6-2-1-5-16(17)20-22-18-7-3-4-8-19(18)24(20)21/h1-12H,13H2. The summed E-state index contributed by atoms with van der Waals surface area (Å²) in [6.45, 7) is 0. The van der Waals surface area contributed by atoms with E-state index in [1.54, 1.807) is 23.9 Å². The van der Waals surface area contributed by atoms with Gasteiger partial charge in [0.25, 0.3) is 5.69 Å². The van der Waals surface area contributed by atoms with E-state index in [4.69, 9.17) is 9.97 Å². The molecule has 0 unspecified atom stereocenters. The van der Waals surface area contributed by atoms with Crippen molar-refractivity contribution >= 4 is 45.0 Å². The molecule has 0 spiro atoms. The van der Waals surface area contributed by atoms with E-state index >= 15 is 0 Å². The van der Waals surface area contributed by atoms with E-state index in [-0.39, 0.29) is 10.6 Å². The van der Waals surface area contributed by atoms with Crippen LogP contribution in [0.2, 0.25) is 0 Å². The molecule has 0 aliphatic carbocycles. The Labute approximate surface area is 164 Å². The highest BCUT2D eigenvalue weighted by molar-refractivity contribution is 7.98. The second kappa shape index (κ2) is 6.61. The van der Waals surface area contributed by atoms with E-state index in [2.05, 4.69) is 4.40 Å². The number of fused-ring (bicyclic) bond motifs is 5. The third kappa shape index (κ3) is 2.76. The molecular formula is C21H14N4O2S.